The summed E-state index contributed by atoms with van der Waals surface area (Å²) in [5.74, 6) is 0.435. The van der Waals surface area contributed by atoms with E-state index < -0.39 is 23.4 Å². The summed E-state index contributed by atoms with van der Waals surface area (Å²) in [7, 11) is 0. The molecule has 11 nitrogen and oxygen atoms in total. The smallest absolute Gasteiger partial charge is 0.269 e. The number of aliphatic hydroxyl groups is 2. The van der Waals surface area contributed by atoms with E-state index in [2.05, 4.69) is 20.3 Å². The van der Waals surface area contributed by atoms with E-state index in [9.17, 15) is 20.3 Å². The summed E-state index contributed by atoms with van der Waals surface area (Å²) < 4.78 is 7.32. The fourth-order valence-electron chi connectivity index (χ4n) is 3.01. The third kappa shape index (κ3) is 3.18. The topological polar surface area (TPSA) is 148 Å². The molecule has 3 aromatic rings. The molecule has 0 unspecified atom stereocenters. The third-order valence-corrected chi connectivity index (χ3v) is 4.39. The zero-order valence-corrected chi connectivity index (χ0v) is 14.0. The molecule has 0 spiro atoms. The van der Waals surface area contributed by atoms with Crippen LogP contribution in [0.3, 0.4) is 0 Å². The van der Waals surface area contributed by atoms with E-state index in [0.29, 0.717) is 29.1 Å². The molecule has 0 bridgehead atoms. The monoisotopic (exact) mass is 372 g/mol. The van der Waals surface area contributed by atoms with Crippen LogP contribution in [0.5, 0.6) is 0 Å². The maximum absolute atomic E-state index is 10.7. The number of nitrogens with zero attached hydrogens (tertiary/aromatic N) is 5. The molecular formula is C16H16N6O5. The van der Waals surface area contributed by atoms with Gasteiger partial charge in [-0.15, -0.1) is 0 Å². The number of imidazole rings is 1. The number of aromatic nitrogens is 4. The standard InChI is InChI=1S/C16H16N6O5/c23-6-12-11(24)5-13(27-12)21-8-19-14-15(17-7-18-16(14)21)20-9-1-3-10(4-2-9)22(25)26/h1-4,7-8,11-13,23-24H,5-6H2,(H,17,18,20)/t11-,12+,13+/m0/s1. The number of benzene rings is 1. The van der Waals surface area contributed by atoms with Crippen LogP contribution in [0.2, 0.25) is 0 Å². The van der Waals surface area contributed by atoms with E-state index >= 15 is 0 Å². The highest BCUT2D eigenvalue weighted by Gasteiger charge is 2.35. The molecule has 1 saturated heterocycles. The fourth-order valence-corrected chi connectivity index (χ4v) is 3.01. The molecule has 0 amide bonds. The second-order valence-corrected chi connectivity index (χ2v) is 6.09. The summed E-state index contributed by atoms with van der Waals surface area (Å²) in [6.45, 7) is -0.272. The van der Waals surface area contributed by atoms with E-state index in [1.807, 2.05) is 0 Å². The first-order valence-electron chi connectivity index (χ1n) is 8.20. The maximum Gasteiger partial charge on any atom is 0.269 e. The average molecular weight is 372 g/mol. The van der Waals surface area contributed by atoms with E-state index in [-0.39, 0.29) is 12.3 Å². The number of aliphatic hydroxyl groups excluding tert-OH is 2. The van der Waals surface area contributed by atoms with Gasteiger partial charge in [-0.2, -0.15) is 0 Å². The second kappa shape index (κ2) is 6.87. The van der Waals surface area contributed by atoms with Crippen LogP contribution >= 0.6 is 0 Å². The van der Waals surface area contributed by atoms with Gasteiger partial charge < -0.3 is 20.3 Å². The molecule has 3 heterocycles. The number of non-ortho nitro benzene ring substituents is 1. The highest BCUT2D eigenvalue weighted by atomic mass is 16.6. The lowest BCUT2D eigenvalue weighted by Crippen LogP contribution is -2.24. The van der Waals surface area contributed by atoms with Crippen LogP contribution in [0.4, 0.5) is 17.2 Å². The normalized spacial score (nSPS) is 22.2. The van der Waals surface area contributed by atoms with Crippen LogP contribution in [0.25, 0.3) is 11.2 Å². The first-order valence-corrected chi connectivity index (χ1v) is 8.20. The quantitative estimate of drug-likeness (QED) is 0.442. The van der Waals surface area contributed by atoms with Crippen LogP contribution in [0.1, 0.15) is 12.6 Å². The lowest BCUT2D eigenvalue weighted by Gasteiger charge is -2.13. The van der Waals surface area contributed by atoms with Crippen molar-refractivity contribution in [3.63, 3.8) is 0 Å². The van der Waals surface area contributed by atoms with Crippen LogP contribution in [-0.4, -0.2) is 53.5 Å². The molecule has 11 heteroatoms. The lowest BCUT2D eigenvalue weighted by atomic mass is 10.2. The van der Waals surface area contributed by atoms with E-state index in [1.165, 1.54) is 24.8 Å². The lowest BCUT2D eigenvalue weighted by molar-refractivity contribution is -0.384. The Bertz CT molecular complexity index is 975. The van der Waals surface area contributed by atoms with Crippen molar-refractivity contribution in [1.29, 1.82) is 0 Å². The average Bonchev–Trinajstić information content (AvgIpc) is 3.26. The van der Waals surface area contributed by atoms with Crippen molar-refractivity contribution in [3.05, 3.63) is 47.0 Å². The van der Waals surface area contributed by atoms with Gasteiger partial charge in [-0.3, -0.25) is 14.7 Å². The molecule has 3 N–H and O–H groups in total. The predicted molar refractivity (Wildman–Crippen MR) is 93.3 cm³/mol. The van der Waals surface area contributed by atoms with Crippen molar-refractivity contribution >= 4 is 28.4 Å². The molecule has 27 heavy (non-hydrogen) atoms. The number of hydrogen-bond acceptors (Lipinski definition) is 9. The van der Waals surface area contributed by atoms with Crippen molar-refractivity contribution in [3.8, 4) is 0 Å². The Labute approximate surface area is 152 Å². The fraction of sp³-hybridized carbons (Fsp3) is 0.312. The van der Waals surface area contributed by atoms with E-state index in [4.69, 9.17) is 4.74 Å². The number of rotatable bonds is 5. The number of ether oxygens (including phenoxy) is 1. The number of nitrogens with one attached hydrogen (secondary N) is 1. The van der Waals surface area contributed by atoms with Gasteiger partial charge in [-0.1, -0.05) is 0 Å². The highest BCUT2D eigenvalue weighted by molar-refractivity contribution is 5.85. The molecule has 140 valence electrons. The Balaban J connectivity index is 1.62. The molecule has 0 radical (unpaired) electrons. The molecule has 4 rings (SSSR count). The summed E-state index contributed by atoms with van der Waals surface area (Å²) in [5, 5.41) is 33.0. The van der Waals surface area contributed by atoms with Gasteiger partial charge in [-0.05, 0) is 12.1 Å². The van der Waals surface area contributed by atoms with Gasteiger partial charge in [0.25, 0.3) is 5.69 Å². The third-order valence-electron chi connectivity index (χ3n) is 4.39. The van der Waals surface area contributed by atoms with Crippen LogP contribution in [-0.2, 0) is 4.74 Å². The van der Waals surface area contributed by atoms with Crippen molar-refractivity contribution in [2.45, 2.75) is 24.9 Å². The van der Waals surface area contributed by atoms with E-state index in [0.717, 1.165) is 0 Å². The Morgan fingerprint density at radius 1 is 1.30 bits per heavy atom. The molecular weight excluding hydrogens is 356 g/mol. The van der Waals surface area contributed by atoms with Gasteiger partial charge in [-0.25, -0.2) is 15.0 Å². The van der Waals surface area contributed by atoms with Gasteiger partial charge in [0.15, 0.2) is 17.0 Å². The number of anilines is 2. The summed E-state index contributed by atoms with van der Waals surface area (Å²) in [5.41, 5.74) is 1.60. The minimum atomic E-state index is -0.767. The van der Waals surface area contributed by atoms with Gasteiger partial charge in [0, 0.05) is 24.2 Å². The molecule has 0 saturated carbocycles. The Kier molecular flexibility index (Phi) is 4.39. The number of fused-ring (bicyclic) bond motifs is 1. The minimum absolute atomic E-state index is 0.00644. The molecule has 1 fully saturated rings. The summed E-state index contributed by atoms with van der Waals surface area (Å²) in [4.78, 5) is 23.0. The summed E-state index contributed by atoms with van der Waals surface area (Å²) in [6, 6.07) is 5.93. The first kappa shape index (κ1) is 17.3. The number of nitro groups is 1. The molecule has 1 aromatic carbocycles. The van der Waals surface area contributed by atoms with Gasteiger partial charge in [0.05, 0.1) is 24.0 Å². The zero-order chi connectivity index (χ0) is 19.0. The van der Waals surface area contributed by atoms with Crippen molar-refractivity contribution in [2.75, 3.05) is 11.9 Å². The summed E-state index contributed by atoms with van der Waals surface area (Å²) >= 11 is 0. The van der Waals surface area contributed by atoms with Crippen LogP contribution in [0, 0.1) is 10.1 Å². The summed E-state index contributed by atoms with van der Waals surface area (Å²) in [6.07, 6.45) is 1.31. The largest absolute Gasteiger partial charge is 0.394 e. The van der Waals surface area contributed by atoms with Crippen LogP contribution < -0.4 is 5.32 Å². The molecule has 3 atom stereocenters. The van der Waals surface area contributed by atoms with Gasteiger partial charge in [0.1, 0.15) is 18.7 Å². The van der Waals surface area contributed by atoms with Crippen molar-refractivity contribution in [2.24, 2.45) is 0 Å². The molecule has 1 aliphatic rings. The van der Waals surface area contributed by atoms with Gasteiger partial charge in [0.2, 0.25) is 0 Å². The van der Waals surface area contributed by atoms with Crippen molar-refractivity contribution < 1.29 is 19.9 Å². The minimum Gasteiger partial charge on any atom is -0.394 e. The molecule has 2 aromatic heterocycles. The predicted octanol–water partition coefficient (Wildman–Crippen LogP) is 1.12. The molecule has 1 aliphatic heterocycles. The van der Waals surface area contributed by atoms with Gasteiger partial charge >= 0.3 is 0 Å². The second-order valence-electron chi connectivity index (χ2n) is 6.09. The maximum atomic E-state index is 10.7. The SMILES string of the molecule is O=[N+]([O-])c1ccc(Nc2ncnc3c2ncn3[C@H]2C[C@H](O)[C@@H](CO)O2)cc1. The van der Waals surface area contributed by atoms with Crippen LogP contribution in [0.15, 0.2) is 36.9 Å². The first-order chi connectivity index (χ1) is 13.1. The number of hydrogen-bond donors (Lipinski definition) is 3. The molecule has 0 aliphatic carbocycles. The Morgan fingerprint density at radius 2 is 2.07 bits per heavy atom. The Hall–Kier alpha value is -3.15. The van der Waals surface area contributed by atoms with E-state index in [1.54, 1.807) is 16.7 Å². The highest BCUT2D eigenvalue weighted by Crippen LogP contribution is 2.32. The zero-order valence-electron chi connectivity index (χ0n) is 14.0. The van der Waals surface area contributed by atoms with Crippen molar-refractivity contribution in [1.82, 2.24) is 19.5 Å². The number of nitro benzene ring substituents is 1. The Morgan fingerprint density at radius 3 is 2.74 bits per heavy atom.